The summed E-state index contributed by atoms with van der Waals surface area (Å²) in [6.07, 6.45) is 8.33. The van der Waals surface area contributed by atoms with Crippen LogP contribution < -0.4 is 15.8 Å². The number of methoxy groups -OCH3 is 1. The van der Waals surface area contributed by atoms with E-state index in [9.17, 15) is 0 Å². The van der Waals surface area contributed by atoms with E-state index >= 15 is 0 Å². The number of ether oxygens (including phenoxy) is 1. The lowest BCUT2D eigenvalue weighted by Gasteiger charge is -2.30. The highest BCUT2D eigenvalue weighted by Crippen LogP contribution is 2.27. The molecule has 18 heavy (non-hydrogen) atoms. The van der Waals surface area contributed by atoms with Crippen molar-refractivity contribution in [2.45, 2.75) is 38.1 Å². The molecule has 0 bridgehead atoms. The average Bonchev–Trinajstić information content (AvgIpc) is 2.46. The maximum Gasteiger partial charge on any atom is 0.137 e. The predicted molar refractivity (Wildman–Crippen MR) is 73.8 cm³/mol. The lowest BCUT2D eigenvalue weighted by atomic mass is 9.84. The highest BCUT2D eigenvalue weighted by molar-refractivity contribution is 5.38. The van der Waals surface area contributed by atoms with E-state index in [0.717, 1.165) is 11.6 Å². The monoisotopic (exact) mass is 249 g/mol. The number of nitrogens with one attached hydrogen (secondary N) is 1. The average molecular weight is 249 g/mol. The van der Waals surface area contributed by atoms with Gasteiger partial charge in [0.25, 0.3) is 0 Å². The third-order valence-corrected chi connectivity index (χ3v) is 3.78. The molecular weight excluding hydrogens is 226 g/mol. The summed E-state index contributed by atoms with van der Waals surface area (Å²) < 4.78 is 5.10. The molecule has 1 aromatic heterocycles. The molecule has 1 atom stereocenters. The van der Waals surface area contributed by atoms with Gasteiger partial charge in [0, 0.05) is 12.6 Å². The Hall–Kier alpha value is -1.29. The fourth-order valence-electron chi connectivity index (χ4n) is 2.68. The van der Waals surface area contributed by atoms with Gasteiger partial charge < -0.3 is 15.8 Å². The highest BCUT2D eigenvalue weighted by Gasteiger charge is 2.22. The molecule has 100 valence electrons. The second kappa shape index (κ2) is 6.59. The third kappa shape index (κ3) is 3.35. The Morgan fingerprint density at radius 3 is 2.72 bits per heavy atom. The topological polar surface area (TPSA) is 60.2 Å². The Morgan fingerprint density at radius 1 is 1.39 bits per heavy atom. The van der Waals surface area contributed by atoms with E-state index in [1.807, 2.05) is 12.1 Å². The summed E-state index contributed by atoms with van der Waals surface area (Å²) in [5, 5.41) is 3.46. The predicted octanol–water partition coefficient (Wildman–Crippen LogP) is 2.41. The standard InChI is InChI=1S/C14H23N3O/c1-18-12-7-8-14(16-10-12)17-13(9-15)11-5-3-2-4-6-11/h7-8,10-11,13H,2-6,9,15H2,1H3,(H,16,17). The summed E-state index contributed by atoms with van der Waals surface area (Å²) in [5.41, 5.74) is 5.89. The molecule has 1 heterocycles. The summed E-state index contributed by atoms with van der Waals surface area (Å²) in [4.78, 5) is 4.34. The summed E-state index contributed by atoms with van der Waals surface area (Å²) in [6.45, 7) is 0.665. The molecule has 1 aliphatic carbocycles. The summed E-state index contributed by atoms with van der Waals surface area (Å²) >= 11 is 0. The molecule has 1 unspecified atom stereocenters. The molecule has 1 saturated carbocycles. The summed E-state index contributed by atoms with van der Waals surface area (Å²) in [5.74, 6) is 2.35. The van der Waals surface area contributed by atoms with Crippen LogP contribution in [0.2, 0.25) is 0 Å². The van der Waals surface area contributed by atoms with Gasteiger partial charge in [0.1, 0.15) is 11.6 Å². The van der Waals surface area contributed by atoms with Gasteiger partial charge in [-0.1, -0.05) is 19.3 Å². The van der Waals surface area contributed by atoms with Crippen LogP contribution in [0.5, 0.6) is 5.75 Å². The van der Waals surface area contributed by atoms with Crippen LogP contribution in [0.4, 0.5) is 5.82 Å². The Kier molecular flexibility index (Phi) is 4.81. The molecule has 0 saturated heterocycles. The molecule has 0 amide bonds. The van der Waals surface area contributed by atoms with E-state index in [2.05, 4.69) is 10.3 Å². The van der Waals surface area contributed by atoms with Crippen molar-refractivity contribution in [1.82, 2.24) is 4.98 Å². The van der Waals surface area contributed by atoms with Crippen molar-refractivity contribution < 1.29 is 4.74 Å². The van der Waals surface area contributed by atoms with Crippen LogP contribution in [0.3, 0.4) is 0 Å². The van der Waals surface area contributed by atoms with E-state index in [1.54, 1.807) is 13.3 Å². The Bertz CT molecular complexity index is 347. The van der Waals surface area contributed by atoms with Crippen LogP contribution in [0.1, 0.15) is 32.1 Å². The van der Waals surface area contributed by atoms with Crippen LogP contribution >= 0.6 is 0 Å². The molecule has 0 aliphatic heterocycles. The Balaban J connectivity index is 1.95. The molecule has 4 heteroatoms. The minimum absolute atomic E-state index is 0.339. The van der Waals surface area contributed by atoms with Crippen molar-refractivity contribution in [2.75, 3.05) is 19.0 Å². The number of hydrogen-bond donors (Lipinski definition) is 2. The van der Waals surface area contributed by atoms with Crippen molar-refractivity contribution >= 4 is 5.82 Å². The molecule has 0 aromatic carbocycles. The van der Waals surface area contributed by atoms with Gasteiger partial charge in [-0.25, -0.2) is 4.98 Å². The van der Waals surface area contributed by atoms with Crippen LogP contribution in [0.15, 0.2) is 18.3 Å². The molecule has 0 spiro atoms. The fourth-order valence-corrected chi connectivity index (χ4v) is 2.68. The van der Waals surface area contributed by atoms with E-state index < -0.39 is 0 Å². The van der Waals surface area contributed by atoms with Crippen molar-refractivity contribution in [3.05, 3.63) is 18.3 Å². The first kappa shape index (κ1) is 13.1. The number of rotatable bonds is 5. The largest absolute Gasteiger partial charge is 0.495 e. The van der Waals surface area contributed by atoms with Crippen LogP contribution in [0.25, 0.3) is 0 Å². The molecule has 1 fully saturated rings. The first-order valence-electron chi connectivity index (χ1n) is 6.80. The van der Waals surface area contributed by atoms with E-state index in [0.29, 0.717) is 18.5 Å². The van der Waals surface area contributed by atoms with E-state index in [-0.39, 0.29) is 0 Å². The van der Waals surface area contributed by atoms with Gasteiger partial charge in [-0.2, -0.15) is 0 Å². The van der Waals surface area contributed by atoms with Gasteiger partial charge in [-0.05, 0) is 30.9 Å². The Morgan fingerprint density at radius 2 is 2.17 bits per heavy atom. The minimum atomic E-state index is 0.339. The maximum absolute atomic E-state index is 5.89. The molecule has 4 nitrogen and oxygen atoms in total. The zero-order valence-electron chi connectivity index (χ0n) is 11.1. The summed E-state index contributed by atoms with van der Waals surface area (Å²) in [6, 6.07) is 4.21. The quantitative estimate of drug-likeness (QED) is 0.841. The molecule has 0 radical (unpaired) electrons. The second-order valence-electron chi connectivity index (χ2n) is 4.97. The van der Waals surface area contributed by atoms with Crippen molar-refractivity contribution in [2.24, 2.45) is 11.7 Å². The molecule has 3 N–H and O–H groups in total. The smallest absolute Gasteiger partial charge is 0.137 e. The van der Waals surface area contributed by atoms with Crippen LogP contribution in [-0.2, 0) is 0 Å². The Labute approximate surface area is 109 Å². The highest BCUT2D eigenvalue weighted by atomic mass is 16.5. The minimum Gasteiger partial charge on any atom is -0.495 e. The molecule has 1 aromatic rings. The second-order valence-corrected chi connectivity index (χ2v) is 4.97. The lowest BCUT2D eigenvalue weighted by molar-refractivity contribution is 0.320. The van der Waals surface area contributed by atoms with Gasteiger partial charge in [0.15, 0.2) is 0 Å². The maximum atomic E-state index is 5.89. The summed E-state index contributed by atoms with van der Waals surface area (Å²) in [7, 11) is 1.65. The number of anilines is 1. The fraction of sp³-hybridized carbons (Fsp3) is 0.643. The van der Waals surface area contributed by atoms with Crippen LogP contribution in [0, 0.1) is 5.92 Å². The molecule has 1 aliphatic rings. The van der Waals surface area contributed by atoms with Crippen molar-refractivity contribution in [1.29, 1.82) is 0 Å². The lowest BCUT2D eigenvalue weighted by Crippen LogP contribution is -2.37. The first-order chi connectivity index (χ1) is 8.83. The van der Waals surface area contributed by atoms with Crippen molar-refractivity contribution in [3.63, 3.8) is 0 Å². The molecule has 2 rings (SSSR count). The zero-order valence-corrected chi connectivity index (χ0v) is 11.1. The number of hydrogen-bond acceptors (Lipinski definition) is 4. The van der Waals surface area contributed by atoms with Gasteiger partial charge >= 0.3 is 0 Å². The number of nitrogens with zero attached hydrogens (tertiary/aromatic N) is 1. The number of pyridine rings is 1. The SMILES string of the molecule is COc1ccc(NC(CN)C2CCCCC2)nc1. The van der Waals surface area contributed by atoms with E-state index in [1.165, 1.54) is 32.1 Å². The van der Waals surface area contributed by atoms with E-state index in [4.69, 9.17) is 10.5 Å². The molecular formula is C14H23N3O. The zero-order chi connectivity index (χ0) is 12.8. The van der Waals surface area contributed by atoms with Crippen molar-refractivity contribution in [3.8, 4) is 5.75 Å². The van der Waals surface area contributed by atoms with Gasteiger partial charge in [0.2, 0.25) is 0 Å². The number of nitrogens with two attached hydrogens (primary N) is 1. The normalized spacial score (nSPS) is 18.3. The third-order valence-electron chi connectivity index (χ3n) is 3.78. The number of aromatic nitrogens is 1. The van der Waals surface area contributed by atoms with Gasteiger partial charge in [-0.15, -0.1) is 0 Å². The van der Waals surface area contributed by atoms with Crippen LogP contribution in [-0.4, -0.2) is 24.7 Å². The first-order valence-corrected chi connectivity index (χ1v) is 6.80. The van der Waals surface area contributed by atoms with Gasteiger partial charge in [0.05, 0.1) is 13.3 Å². The van der Waals surface area contributed by atoms with Gasteiger partial charge in [-0.3, -0.25) is 0 Å².